The maximum Gasteiger partial charge on any atom is 0.303 e. The normalized spacial score (nSPS) is 21.9. The number of aromatic nitrogens is 1. The zero-order chi connectivity index (χ0) is 25.4. The molecule has 0 bridgehead atoms. The van der Waals surface area contributed by atoms with Gasteiger partial charge in [-0.25, -0.2) is 0 Å². The quantitative estimate of drug-likeness (QED) is 0.163. The van der Waals surface area contributed by atoms with Gasteiger partial charge in [0.15, 0.2) is 0 Å². The Morgan fingerprint density at radius 1 is 1.20 bits per heavy atom. The molecule has 1 aromatic heterocycles. The summed E-state index contributed by atoms with van der Waals surface area (Å²) < 4.78 is 16.3. The summed E-state index contributed by atoms with van der Waals surface area (Å²) in [4.78, 5) is 35.2. The molecule has 9 nitrogen and oxygen atoms in total. The second kappa shape index (κ2) is 12.7. The third-order valence-electron chi connectivity index (χ3n) is 6.15. The molecule has 3 heterocycles. The number of fused-ring (bicyclic) bond motifs is 1. The molecule has 0 N–H and O–H groups in total. The van der Waals surface area contributed by atoms with E-state index in [1.54, 1.807) is 6.08 Å². The van der Waals surface area contributed by atoms with Crippen LogP contribution in [0.3, 0.4) is 0 Å². The van der Waals surface area contributed by atoms with Crippen molar-refractivity contribution in [2.24, 2.45) is 5.16 Å². The molecule has 2 aliphatic heterocycles. The fourth-order valence-corrected chi connectivity index (χ4v) is 4.17. The summed E-state index contributed by atoms with van der Waals surface area (Å²) in [6, 6.07) is 2.25. The Kier molecular flexibility index (Phi) is 9.65. The van der Waals surface area contributed by atoms with Gasteiger partial charge in [-0.15, -0.1) is 0 Å². The van der Waals surface area contributed by atoms with Crippen molar-refractivity contribution in [1.82, 2.24) is 4.98 Å². The number of rotatable bonds is 10. The summed E-state index contributed by atoms with van der Waals surface area (Å²) in [5, 5.41) is 4.27. The molecule has 9 heteroatoms. The van der Waals surface area contributed by atoms with E-state index < -0.39 is 24.1 Å². The van der Waals surface area contributed by atoms with Crippen LogP contribution in [0.1, 0.15) is 57.0 Å². The van der Waals surface area contributed by atoms with Crippen LogP contribution in [0.15, 0.2) is 23.4 Å². The van der Waals surface area contributed by atoms with E-state index in [-0.39, 0.29) is 12.7 Å². The Bertz CT molecular complexity index is 961. The number of hydrogen-bond donors (Lipinski definition) is 0. The van der Waals surface area contributed by atoms with Crippen LogP contribution in [0.5, 0.6) is 0 Å². The molecule has 0 radical (unpaired) electrons. The van der Waals surface area contributed by atoms with Gasteiger partial charge in [0, 0.05) is 45.5 Å². The first-order valence-corrected chi connectivity index (χ1v) is 12.2. The standard InChI is InChI=1S/C26H37N3O6/c1-17-15-24-23(27-19(17)3)7-6-12-29(24)13-10-18(2)28-33-14-11-22-8-9-25(34-21(5)31)26(35-22)16-32-20(4)30/h8-9,15,22,25-26H,6-7,10-14,16H2,1-5H3/t22-,25+,26+/m0/s1. The first-order chi connectivity index (χ1) is 16.7. The predicted octanol–water partition coefficient (Wildman–Crippen LogP) is 3.44. The van der Waals surface area contributed by atoms with Crippen molar-refractivity contribution in [3.05, 3.63) is 35.2 Å². The van der Waals surface area contributed by atoms with Crippen LogP contribution in [0, 0.1) is 13.8 Å². The Hall–Kier alpha value is -2.94. The number of oxime groups is 1. The molecule has 0 aromatic carbocycles. The predicted molar refractivity (Wildman–Crippen MR) is 133 cm³/mol. The smallest absolute Gasteiger partial charge is 0.303 e. The third kappa shape index (κ3) is 8.06. The number of hydrogen-bond acceptors (Lipinski definition) is 9. The van der Waals surface area contributed by atoms with E-state index in [0.29, 0.717) is 13.0 Å². The molecule has 192 valence electrons. The second-order valence-electron chi connectivity index (χ2n) is 9.12. The third-order valence-corrected chi connectivity index (χ3v) is 6.15. The van der Waals surface area contributed by atoms with Crippen molar-refractivity contribution < 1.29 is 28.6 Å². The Labute approximate surface area is 207 Å². The molecule has 3 atom stereocenters. The van der Waals surface area contributed by atoms with E-state index in [4.69, 9.17) is 24.0 Å². The van der Waals surface area contributed by atoms with Gasteiger partial charge in [-0.3, -0.25) is 14.6 Å². The first kappa shape index (κ1) is 26.7. The van der Waals surface area contributed by atoms with Crippen molar-refractivity contribution >= 4 is 23.3 Å². The van der Waals surface area contributed by atoms with Gasteiger partial charge in [0.2, 0.25) is 0 Å². The van der Waals surface area contributed by atoms with Crippen molar-refractivity contribution in [3.8, 4) is 0 Å². The van der Waals surface area contributed by atoms with Gasteiger partial charge < -0.3 is 23.9 Å². The van der Waals surface area contributed by atoms with Crippen LogP contribution in [-0.4, -0.2) is 67.2 Å². The van der Waals surface area contributed by atoms with Gasteiger partial charge in [0.25, 0.3) is 0 Å². The topological polar surface area (TPSA) is 99.6 Å². The number of esters is 2. The molecule has 2 aliphatic rings. The molecule has 1 aromatic rings. The summed E-state index contributed by atoms with van der Waals surface area (Å²) in [6.45, 7) is 11.1. The van der Waals surface area contributed by atoms with Gasteiger partial charge in [0.05, 0.1) is 23.2 Å². The lowest BCUT2D eigenvalue weighted by Gasteiger charge is -2.31. The van der Waals surface area contributed by atoms with Gasteiger partial charge in [-0.1, -0.05) is 11.2 Å². The van der Waals surface area contributed by atoms with E-state index in [1.165, 1.54) is 30.8 Å². The van der Waals surface area contributed by atoms with Crippen LogP contribution < -0.4 is 4.90 Å². The molecular weight excluding hydrogens is 450 g/mol. The first-order valence-electron chi connectivity index (χ1n) is 12.2. The number of pyridine rings is 1. The van der Waals surface area contributed by atoms with Crippen LogP contribution in [0.25, 0.3) is 0 Å². The highest BCUT2D eigenvalue weighted by Crippen LogP contribution is 2.27. The average Bonchev–Trinajstić information content (AvgIpc) is 2.80. The largest absolute Gasteiger partial charge is 0.463 e. The fraction of sp³-hybridized carbons (Fsp3) is 0.615. The number of carbonyl (C=O) groups excluding carboxylic acids is 2. The van der Waals surface area contributed by atoms with Crippen LogP contribution >= 0.6 is 0 Å². The summed E-state index contributed by atoms with van der Waals surface area (Å²) in [5.41, 5.74) is 5.68. The molecule has 0 amide bonds. The van der Waals surface area contributed by atoms with E-state index in [2.05, 4.69) is 30.0 Å². The molecule has 35 heavy (non-hydrogen) atoms. The zero-order valence-electron chi connectivity index (χ0n) is 21.4. The number of carbonyl (C=O) groups is 2. The van der Waals surface area contributed by atoms with Crippen molar-refractivity contribution in [2.45, 2.75) is 78.6 Å². The lowest BCUT2D eigenvalue weighted by atomic mass is 10.0. The van der Waals surface area contributed by atoms with Gasteiger partial charge >= 0.3 is 11.9 Å². The maximum absolute atomic E-state index is 11.3. The van der Waals surface area contributed by atoms with Crippen LogP contribution in [0.2, 0.25) is 0 Å². The molecule has 3 rings (SSSR count). The summed E-state index contributed by atoms with van der Waals surface area (Å²) in [7, 11) is 0. The lowest BCUT2D eigenvalue weighted by Crippen LogP contribution is -2.41. The molecule has 0 spiro atoms. The highest BCUT2D eigenvalue weighted by molar-refractivity contribution is 5.82. The number of ether oxygens (including phenoxy) is 3. The van der Waals surface area contributed by atoms with Gasteiger partial charge in [-0.05, 0) is 51.3 Å². The number of anilines is 1. The molecule has 0 saturated carbocycles. The van der Waals surface area contributed by atoms with Gasteiger partial charge in [0.1, 0.15) is 25.4 Å². The molecular formula is C26H37N3O6. The zero-order valence-corrected chi connectivity index (χ0v) is 21.4. The number of aryl methyl sites for hydroxylation is 3. The van der Waals surface area contributed by atoms with Crippen molar-refractivity contribution in [1.29, 1.82) is 0 Å². The monoisotopic (exact) mass is 487 g/mol. The molecule has 0 aliphatic carbocycles. The SMILES string of the molecule is CC(=O)OC[C@H]1O[C@H](CCON=C(C)CCN2CCCc3nc(C)c(C)cc32)C=C[C@H]1OC(C)=O. The highest BCUT2D eigenvalue weighted by atomic mass is 16.6. The van der Waals surface area contributed by atoms with E-state index in [9.17, 15) is 9.59 Å². The van der Waals surface area contributed by atoms with E-state index >= 15 is 0 Å². The van der Waals surface area contributed by atoms with E-state index in [1.807, 2.05) is 13.0 Å². The lowest BCUT2D eigenvalue weighted by molar-refractivity contribution is -0.164. The Morgan fingerprint density at radius 2 is 2.00 bits per heavy atom. The highest BCUT2D eigenvalue weighted by Gasteiger charge is 2.30. The molecule has 0 unspecified atom stereocenters. The molecule has 0 fully saturated rings. The fourth-order valence-electron chi connectivity index (χ4n) is 4.17. The molecule has 0 saturated heterocycles. The summed E-state index contributed by atoms with van der Waals surface area (Å²) >= 11 is 0. The Balaban J connectivity index is 1.45. The van der Waals surface area contributed by atoms with Crippen molar-refractivity contribution in [2.75, 3.05) is 31.2 Å². The Morgan fingerprint density at radius 3 is 2.74 bits per heavy atom. The second-order valence-corrected chi connectivity index (χ2v) is 9.12. The minimum Gasteiger partial charge on any atom is -0.463 e. The van der Waals surface area contributed by atoms with Crippen LogP contribution in [-0.2, 0) is 35.1 Å². The number of nitrogens with zero attached hydrogens (tertiary/aromatic N) is 3. The van der Waals surface area contributed by atoms with Crippen molar-refractivity contribution in [3.63, 3.8) is 0 Å². The summed E-state index contributed by atoms with van der Waals surface area (Å²) in [5.74, 6) is -0.832. The maximum atomic E-state index is 11.3. The van der Waals surface area contributed by atoms with Gasteiger partial charge in [-0.2, -0.15) is 0 Å². The van der Waals surface area contributed by atoms with E-state index in [0.717, 1.165) is 43.8 Å². The minimum absolute atomic E-state index is 0.0144. The average molecular weight is 488 g/mol. The minimum atomic E-state index is -0.591. The summed E-state index contributed by atoms with van der Waals surface area (Å²) in [6.07, 6.45) is 5.73. The van der Waals surface area contributed by atoms with Crippen LogP contribution in [0.4, 0.5) is 5.69 Å².